The highest BCUT2D eigenvalue weighted by Gasteiger charge is 2.25. The van der Waals surface area contributed by atoms with E-state index in [4.69, 9.17) is 0 Å². The van der Waals surface area contributed by atoms with E-state index in [0.717, 1.165) is 36.5 Å². The standard InChI is InChI=1S/C18H19N5O2/c24-15-6-3-7-19-17(15)18(25)23-10-8-22(9-11-23)12-16-20-13-4-1-2-5-14(13)21-16/h1-7,24H,8-12H2,(H,20,21). The molecule has 0 atom stereocenters. The van der Waals surface area contributed by atoms with Gasteiger partial charge in [-0.2, -0.15) is 0 Å². The molecule has 128 valence electrons. The Balaban J connectivity index is 1.38. The summed E-state index contributed by atoms with van der Waals surface area (Å²) in [6.07, 6.45) is 1.52. The lowest BCUT2D eigenvalue weighted by Crippen LogP contribution is -2.48. The fourth-order valence-corrected chi connectivity index (χ4v) is 3.11. The molecule has 0 aliphatic carbocycles. The van der Waals surface area contributed by atoms with Crippen LogP contribution in [0.4, 0.5) is 0 Å². The van der Waals surface area contributed by atoms with Crippen LogP contribution in [-0.4, -0.2) is 61.9 Å². The molecule has 1 aliphatic rings. The minimum Gasteiger partial charge on any atom is -0.505 e. The topological polar surface area (TPSA) is 85.3 Å². The maximum atomic E-state index is 12.5. The van der Waals surface area contributed by atoms with Gasteiger partial charge in [-0.3, -0.25) is 9.69 Å². The van der Waals surface area contributed by atoms with E-state index >= 15 is 0 Å². The van der Waals surface area contributed by atoms with E-state index in [1.807, 2.05) is 24.3 Å². The van der Waals surface area contributed by atoms with E-state index in [-0.39, 0.29) is 17.4 Å². The molecule has 1 aromatic carbocycles. The molecular weight excluding hydrogens is 318 g/mol. The molecule has 7 nitrogen and oxygen atoms in total. The molecule has 0 bridgehead atoms. The van der Waals surface area contributed by atoms with E-state index in [2.05, 4.69) is 19.9 Å². The first-order valence-electron chi connectivity index (χ1n) is 8.30. The molecule has 1 amide bonds. The number of piperazine rings is 1. The Morgan fingerprint density at radius 1 is 1.12 bits per heavy atom. The van der Waals surface area contributed by atoms with Crippen LogP contribution in [-0.2, 0) is 6.54 Å². The normalized spacial score (nSPS) is 15.6. The highest BCUT2D eigenvalue weighted by atomic mass is 16.3. The minimum atomic E-state index is -0.221. The van der Waals surface area contributed by atoms with Gasteiger partial charge in [0.05, 0.1) is 17.6 Å². The van der Waals surface area contributed by atoms with Gasteiger partial charge in [0.15, 0.2) is 5.69 Å². The second kappa shape index (κ2) is 6.52. The van der Waals surface area contributed by atoms with Crippen LogP contribution in [0.2, 0.25) is 0 Å². The first-order valence-corrected chi connectivity index (χ1v) is 8.30. The SMILES string of the molecule is O=C(c1ncccc1O)N1CCN(Cc2nc3ccccc3[nH]2)CC1. The predicted octanol–water partition coefficient (Wildman–Crippen LogP) is 1.62. The number of aromatic nitrogens is 3. The lowest BCUT2D eigenvalue weighted by Gasteiger charge is -2.34. The number of pyridine rings is 1. The highest BCUT2D eigenvalue weighted by Crippen LogP contribution is 2.17. The van der Waals surface area contributed by atoms with Crippen molar-refractivity contribution in [3.8, 4) is 5.75 Å². The summed E-state index contributed by atoms with van der Waals surface area (Å²) in [6, 6.07) is 11.1. The quantitative estimate of drug-likeness (QED) is 0.759. The molecule has 3 aromatic rings. The summed E-state index contributed by atoms with van der Waals surface area (Å²) in [5.41, 5.74) is 2.13. The van der Waals surface area contributed by atoms with Crippen LogP contribution in [0.15, 0.2) is 42.6 Å². The Labute approximate surface area is 144 Å². The number of hydrogen-bond acceptors (Lipinski definition) is 5. The van der Waals surface area contributed by atoms with Crippen molar-refractivity contribution >= 4 is 16.9 Å². The molecule has 1 aliphatic heterocycles. The molecular formula is C18H19N5O2. The van der Waals surface area contributed by atoms with Crippen molar-refractivity contribution in [3.05, 3.63) is 54.1 Å². The third-order valence-electron chi connectivity index (χ3n) is 4.46. The van der Waals surface area contributed by atoms with Crippen molar-refractivity contribution in [2.24, 2.45) is 0 Å². The van der Waals surface area contributed by atoms with Gasteiger partial charge in [0.25, 0.3) is 5.91 Å². The van der Waals surface area contributed by atoms with Crippen molar-refractivity contribution in [1.82, 2.24) is 24.8 Å². The number of rotatable bonds is 3. The Morgan fingerprint density at radius 2 is 1.92 bits per heavy atom. The van der Waals surface area contributed by atoms with Crippen molar-refractivity contribution in [3.63, 3.8) is 0 Å². The van der Waals surface area contributed by atoms with E-state index in [9.17, 15) is 9.90 Å². The largest absolute Gasteiger partial charge is 0.505 e. The number of benzene rings is 1. The molecule has 1 fully saturated rings. The molecule has 2 aromatic heterocycles. The lowest BCUT2D eigenvalue weighted by molar-refractivity contribution is 0.0617. The number of carbonyl (C=O) groups is 1. The molecule has 0 spiro atoms. The summed E-state index contributed by atoms with van der Waals surface area (Å²) in [4.78, 5) is 28.4. The maximum absolute atomic E-state index is 12.5. The zero-order valence-corrected chi connectivity index (χ0v) is 13.7. The third kappa shape index (κ3) is 3.18. The number of hydrogen-bond donors (Lipinski definition) is 2. The Bertz CT molecular complexity index is 866. The van der Waals surface area contributed by atoms with Crippen molar-refractivity contribution in [1.29, 1.82) is 0 Å². The summed E-state index contributed by atoms with van der Waals surface area (Å²) in [6.45, 7) is 3.46. The lowest BCUT2D eigenvalue weighted by atomic mass is 10.2. The summed E-state index contributed by atoms with van der Waals surface area (Å²) in [7, 11) is 0. The monoisotopic (exact) mass is 337 g/mol. The minimum absolute atomic E-state index is 0.0720. The number of imidazole rings is 1. The molecule has 7 heteroatoms. The van der Waals surface area contributed by atoms with Crippen LogP contribution in [0.1, 0.15) is 16.3 Å². The van der Waals surface area contributed by atoms with Crippen molar-refractivity contribution in [2.45, 2.75) is 6.54 Å². The smallest absolute Gasteiger partial charge is 0.276 e. The van der Waals surface area contributed by atoms with Crippen LogP contribution < -0.4 is 0 Å². The molecule has 2 N–H and O–H groups in total. The number of aromatic amines is 1. The first kappa shape index (κ1) is 15.6. The van der Waals surface area contributed by atoms with E-state index in [0.29, 0.717) is 13.1 Å². The van der Waals surface area contributed by atoms with Gasteiger partial charge in [-0.05, 0) is 24.3 Å². The number of para-hydroxylation sites is 2. The van der Waals surface area contributed by atoms with Crippen LogP contribution >= 0.6 is 0 Å². The Hall–Kier alpha value is -2.93. The fourth-order valence-electron chi connectivity index (χ4n) is 3.11. The summed E-state index contributed by atoms with van der Waals surface area (Å²) in [5, 5.41) is 9.79. The van der Waals surface area contributed by atoms with Gasteiger partial charge in [0.1, 0.15) is 11.6 Å². The van der Waals surface area contributed by atoms with E-state index in [1.165, 1.54) is 12.3 Å². The van der Waals surface area contributed by atoms with Gasteiger partial charge in [-0.1, -0.05) is 12.1 Å². The molecule has 1 saturated heterocycles. The van der Waals surface area contributed by atoms with Gasteiger partial charge in [0, 0.05) is 32.4 Å². The van der Waals surface area contributed by atoms with Crippen molar-refractivity contribution in [2.75, 3.05) is 26.2 Å². The summed E-state index contributed by atoms with van der Waals surface area (Å²) in [5.74, 6) is 0.641. The van der Waals surface area contributed by atoms with E-state index < -0.39 is 0 Å². The second-order valence-corrected chi connectivity index (χ2v) is 6.14. The van der Waals surface area contributed by atoms with Gasteiger partial charge in [-0.15, -0.1) is 0 Å². The Kier molecular flexibility index (Phi) is 4.07. The summed E-state index contributed by atoms with van der Waals surface area (Å²) >= 11 is 0. The van der Waals surface area contributed by atoms with Gasteiger partial charge in [0.2, 0.25) is 0 Å². The predicted molar refractivity (Wildman–Crippen MR) is 93.2 cm³/mol. The zero-order chi connectivity index (χ0) is 17.2. The maximum Gasteiger partial charge on any atom is 0.276 e. The van der Waals surface area contributed by atoms with Gasteiger partial charge >= 0.3 is 0 Å². The second-order valence-electron chi connectivity index (χ2n) is 6.14. The first-order chi connectivity index (χ1) is 12.2. The third-order valence-corrected chi connectivity index (χ3v) is 4.46. The van der Waals surface area contributed by atoms with Crippen LogP contribution in [0.3, 0.4) is 0 Å². The molecule has 0 radical (unpaired) electrons. The molecule has 4 rings (SSSR count). The van der Waals surface area contributed by atoms with Crippen molar-refractivity contribution < 1.29 is 9.90 Å². The number of nitrogens with zero attached hydrogens (tertiary/aromatic N) is 4. The zero-order valence-electron chi connectivity index (χ0n) is 13.7. The average molecular weight is 337 g/mol. The van der Waals surface area contributed by atoms with E-state index in [1.54, 1.807) is 11.0 Å². The van der Waals surface area contributed by atoms with Gasteiger partial charge in [-0.25, -0.2) is 9.97 Å². The van der Waals surface area contributed by atoms with Crippen LogP contribution in [0.25, 0.3) is 11.0 Å². The number of aromatic hydroxyl groups is 1. The molecule has 3 heterocycles. The number of fused-ring (bicyclic) bond motifs is 1. The molecule has 0 saturated carbocycles. The fraction of sp³-hybridized carbons (Fsp3) is 0.278. The van der Waals surface area contributed by atoms with Crippen LogP contribution in [0.5, 0.6) is 5.75 Å². The number of carbonyl (C=O) groups excluding carboxylic acids is 1. The highest BCUT2D eigenvalue weighted by molar-refractivity contribution is 5.94. The molecule has 25 heavy (non-hydrogen) atoms. The van der Waals surface area contributed by atoms with Gasteiger partial charge < -0.3 is 15.0 Å². The molecule has 0 unspecified atom stereocenters. The summed E-state index contributed by atoms with van der Waals surface area (Å²) < 4.78 is 0. The van der Waals surface area contributed by atoms with Crippen LogP contribution in [0, 0.1) is 0 Å². The number of amides is 1. The average Bonchev–Trinajstić information content (AvgIpc) is 3.04. The number of H-pyrrole nitrogens is 1. The number of nitrogens with one attached hydrogen (secondary N) is 1. The Morgan fingerprint density at radius 3 is 2.68 bits per heavy atom.